The summed E-state index contributed by atoms with van der Waals surface area (Å²) < 4.78 is 103. The molecule has 1 aliphatic carbocycles. The van der Waals surface area contributed by atoms with Crippen molar-refractivity contribution in [1.82, 2.24) is 21.3 Å². The highest BCUT2D eigenvalue weighted by Gasteiger charge is 2.33. The number of hydrogen-bond donors (Lipinski definition) is 7. The lowest BCUT2D eigenvalue weighted by Crippen LogP contribution is -2.33. The highest BCUT2D eigenvalue weighted by atomic mass is 19.1. The molecule has 5 aliphatic rings. The average Bonchev–Trinajstić information content (AvgIpc) is 0.819. The summed E-state index contributed by atoms with van der Waals surface area (Å²) in [6.45, 7) is 9.07. The summed E-state index contributed by atoms with van der Waals surface area (Å²) in [5.41, 5.74) is 36.6. The smallest absolute Gasteiger partial charge is 0.123 e. The van der Waals surface area contributed by atoms with Crippen LogP contribution < -0.4 is 57.4 Å². The first-order valence-electron chi connectivity index (χ1n) is 50.3. The normalized spacial score (nSPS) is 15.8. The molecule has 1 atom stereocenters. The number of halogens is 6. The summed E-state index contributed by atoms with van der Waals surface area (Å²) in [6.07, 6.45) is 16.3. The number of rotatable bonds is 25. The lowest BCUT2D eigenvalue weighted by molar-refractivity contribution is 0.301. The predicted octanol–water partition coefficient (Wildman–Crippen LogP) is 26.8. The molecule has 1 saturated carbocycles. The van der Waals surface area contributed by atoms with E-state index in [-0.39, 0.29) is 52.7 Å². The van der Waals surface area contributed by atoms with Crippen LogP contribution in [0.3, 0.4) is 0 Å². The van der Waals surface area contributed by atoms with E-state index in [1.807, 2.05) is 115 Å². The summed E-state index contributed by atoms with van der Waals surface area (Å²) in [5.74, 6) is 5.57. The highest BCUT2D eigenvalue weighted by Crippen LogP contribution is 2.44. The van der Waals surface area contributed by atoms with Crippen molar-refractivity contribution in [3.8, 4) is 23.0 Å². The second-order valence-electron chi connectivity index (χ2n) is 37.0. The van der Waals surface area contributed by atoms with Gasteiger partial charge in [0.25, 0.3) is 0 Å². The van der Waals surface area contributed by atoms with Crippen LogP contribution in [0.25, 0.3) is 11.1 Å². The van der Waals surface area contributed by atoms with Gasteiger partial charge in [-0.05, 0) is 376 Å². The third-order valence-corrected chi connectivity index (χ3v) is 27.6. The number of piperidine rings is 4. The zero-order valence-electron chi connectivity index (χ0n) is 82.4. The van der Waals surface area contributed by atoms with E-state index in [0.29, 0.717) is 42.8 Å². The molecular weight excluding hydrogens is 1780 g/mol. The Kier molecular flexibility index (Phi) is 42.9. The number of methoxy groups -OCH3 is 4. The van der Waals surface area contributed by atoms with E-state index >= 15 is 0 Å². The maximum atomic E-state index is 13.6. The fourth-order valence-corrected chi connectivity index (χ4v) is 20.7. The first-order chi connectivity index (χ1) is 69.6. The molecule has 14 aromatic carbocycles. The van der Waals surface area contributed by atoms with E-state index in [1.54, 1.807) is 89.1 Å². The van der Waals surface area contributed by atoms with Crippen molar-refractivity contribution in [2.75, 3.05) is 93.9 Å². The third-order valence-electron chi connectivity index (χ3n) is 27.6. The summed E-state index contributed by atoms with van der Waals surface area (Å²) in [7, 11) is 6.69. The van der Waals surface area contributed by atoms with Crippen LogP contribution in [-0.4, -0.2) is 99.9 Å². The minimum Gasteiger partial charge on any atom is -0.497 e. The molecule has 19 rings (SSSR count). The third kappa shape index (κ3) is 32.0. The fourth-order valence-electron chi connectivity index (χ4n) is 20.7. The van der Waals surface area contributed by atoms with Crippen LogP contribution in [0.2, 0.25) is 0 Å². The molecule has 17 heteroatoms. The molecule has 4 aliphatic heterocycles. The largest absolute Gasteiger partial charge is 0.497 e. The molecule has 0 amide bonds. The maximum Gasteiger partial charge on any atom is 0.123 e. The first kappa shape index (κ1) is 106. The zero-order valence-corrected chi connectivity index (χ0v) is 82.4. The molecule has 14 aromatic rings. The van der Waals surface area contributed by atoms with Crippen LogP contribution in [0.15, 0.2) is 376 Å². The summed E-state index contributed by atoms with van der Waals surface area (Å²) in [4.78, 5) is 0. The van der Waals surface area contributed by atoms with E-state index < -0.39 is 0 Å². The van der Waals surface area contributed by atoms with Crippen molar-refractivity contribution in [3.05, 3.63) is 488 Å². The molecule has 1 unspecified atom stereocenters. The van der Waals surface area contributed by atoms with Crippen molar-refractivity contribution in [2.24, 2.45) is 40.9 Å². The molecular formula is C125H139F6N7O4. The minimum atomic E-state index is -0.268. The number of ether oxygens (including phenoxy) is 4. The summed E-state index contributed by atoms with van der Waals surface area (Å²) in [5, 5.41) is 13.5. The van der Waals surface area contributed by atoms with Crippen molar-refractivity contribution in [3.63, 3.8) is 0 Å². The Morgan fingerprint density at radius 3 is 0.937 bits per heavy atom. The summed E-state index contributed by atoms with van der Waals surface area (Å²) >= 11 is 0. The van der Waals surface area contributed by atoms with Gasteiger partial charge in [-0.3, -0.25) is 0 Å². The second-order valence-corrected chi connectivity index (χ2v) is 37.0. The molecule has 0 radical (unpaired) electrons. The van der Waals surface area contributed by atoms with Gasteiger partial charge in [0.1, 0.15) is 57.9 Å². The molecule has 740 valence electrons. The molecule has 4 heterocycles. The molecule has 0 spiro atoms. The molecule has 10 N–H and O–H groups in total. The Labute approximate surface area is 837 Å². The molecule has 4 saturated heterocycles. The van der Waals surface area contributed by atoms with E-state index in [9.17, 15) is 26.3 Å². The van der Waals surface area contributed by atoms with Crippen LogP contribution >= 0.6 is 0 Å². The van der Waals surface area contributed by atoms with Crippen molar-refractivity contribution in [1.29, 1.82) is 0 Å². The molecule has 11 nitrogen and oxygen atoms in total. The van der Waals surface area contributed by atoms with Gasteiger partial charge in [0, 0.05) is 42.2 Å². The quantitative estimate of drug-likeness (QED) is 0.0273. The monoisotopic (exact) mass is 1920 g/mol. The highest BCUT2D eigenvalue weighted by molar-refractivity contribution is 5.83. The fraction of sp³-hybridized carbons (Fsp3) is 0.296. The Morgan fingerprint density at radius 2 is 0.599 bits per heavy atom. The van der Waals surface area contributed by atoms with E-state index in [4.69, 9.17) is 36.1 Å². The Morgan fingerprint density at radius 1 is 0.296 bits per heavy atom. The SMILES string of the molecule is COc1cccc(C(=CCN)c2cccc(OC)c2)c1.COc1cccc(C(CCN)c2cccc(OC)c2)c1.Fc1cccc(C(=C2CCNCC2)c2cccc(F)c2)c1.Fc1cccc(C(c2cccc(F)c2)C2CCCNC2)c1.Fc1cccc(C(c2cccc(F)c2)C2CCNCC2)c1.NC1CCC(C(c2ccccc2)c2ccccc2)CC1.c1ccc(C(c2ccccc2)C2CCNCC2)cc1. The van der Waals surface area contributed by atoms with Crippen LogP contribution in [0.4, 0.5) is 26.3 Å². The van der Waals surface area contributed by atoms with Gasteiger partial charge in [0.05, 0.1) is 28.4 Å². The van der Waals surface area contributed by atoms with Gasteiger partial charge in [-0.1, -0.05) is 254 Å². The van der Waals surface area contributed by atoms with Crippen molar-refractivity contribution in [2.45, 2.75) is 119 Å². The second kappa shape index (κ2) is 57.2. The van der Waals surface area contributed by atoms with Crippen molar-refractivity contribution >= 4 is 11.1 Å². The Hall–Kier alpha value is -12.9. The number of nitrogens with one attached hydrogen (secondary N) is 4. The van der Waals surface area contributed by atoms with Gasteiger partial charge >= 0.3 is 0 Å². The lowest BCUT2D eigenvalue weighted by atomic mass is 9.73. The molecule has 142 heavy (non-hydrogen) atoms. The van der Waals surface area contributed by atoms with Crippen molar-refractivity contribution < 1.29 is 45.3 Å². The van der Waals surface area contributed by atoms with Gasteiger partial charge in [-0.2, -0.15) is 0 Å². The number of nitrogens with two attached hydrogens (primary N) is 3. The molecule has 5 fully saturated rings. The van der Waals surface area contributed by atoms with Crippen LogP contribution in [0.1, 0.15) is 191 Å². The first-order valence-corrected chi connectivity index (χ1v) is 50.3. The van der Waals surface area contributed by atoms with Crippen LogP contribution in [0.5, 0.6) is 23.0 Å². The minimum absolute atomic E-state index is 0.0317. The van der Waals surface area contributed by atoms with Crippen LogP contribution in [0, 0.1) is 58.6 Å². The number of hydrogen-bond acceptors (Lipinski definition) is 11. The van der Waals surface area contributed by atoms with Gasteiger partial charge in [0.15, 0.2) is 0 Å². The van der Waals surface area contributed by atoms with Gasteiger partial charge in [-0.25, -0.2) is 26.3 Å². The van der Waals surface area contributed by atoms with Gasteiger partial charge in [-0.15, -0.1) is 0 Å². The average molecular weight is 1920 g/mol. The predicted molar refractivity (Wildman–Crippen MR) is 570 cm³/mol. The Bertz CT molecular complexity index is 5720. The molecule has 0 aromatic heterocycles. The van der Waals surface area contributed by atoms with Crippen LogP contribution in [-0.2, 0) is 0 Å². The lowest BCUT2D eigenvalue weighted by Gasteiger charge is -2.33. The van der Waals surface area contributed by atoms with Gasteiger partial charge < -0.3 is 57.4 Å². The Balaban J connectivity index is 0.000000139. The van der Waals surface area contributed by atoms with E-state index in [1.165, 1.54) is 126 Å². The standard InChI is InChI=1S/C19H23N.2C18H19F2N.C18H17F2N.C18H21N.C17H21NO2.C17H19NO2/c20-18-13-11-17(12-14-18)19(15-7-3-1-4-8-15)16-9-5-2-6-10-16;19-16-7-1-4-13(10-16)18(15-6-3-9-21-12-15)14-5-2-8-17(20)11-14;2*19-16-5-1-3-14(11-16)18(13-7-9-21-10-8-13)15-4-2-6-17(20)12-15;1-3-7-15(8-4-1)18(16-9-5-2-6-10-16)17-11-13-19-14-12-17;2*1-19-15-7-3-5-13(11-15)17(9-10-18)14-6-4-8-16(12-14)20-2/h1-10,17-19H,11-14,20H2;1-2,4-5,7-8,10-11,15,18,21H,3,6,9,12H2;1-6,11-13,18,21H,7-10H2;1-6,11-12,21H,7-10H2;1-10,17-19H,11-14H2;3-8,11-12,17H,9-10,18H2,1-2H3;3-9,11-12H,10,18H2,1-2H3. The molecule has 0 bridgehead atoms. The van der Waals surface area contributed by atoms with Gasteiger partial charge in [0.2, 0.25) is 0 Å². The number of benzene rings is 14. The van der Waals surface area contributed by atoms with E-state index in [2.05, 4.69) is 167 Å². The maximum absolute atomic E-state index is 13.6. The summed E-state index contributed by atoms with van der Waals surface area (Å²) in [6, 6.07) is 116. The van der Waals surface area contributed by atoms with E-state index in [0.717, 1.165) is 188 Å². The zero-order chi connectivity index (χ0) is 99.4. The topological polar surface area (TPSA) is 163 Å².